The second kappa shape index (κ2) is 3.73. The monoisotopic (exact) mass is 288 g/mol. The highest BCUT2D eigenvalue weighted by Gasteiger charge is 2.54. The lowest BCUT2D eigenvalue weighted by Crippen LogP contribution is -2.21. The molecule has 86 valence electrons. The van der Waals surface area contributed by atoms with E-state index in [0.29, 0.717) is 22.9 Å². The number of carbonyl (C=O) groups is 1. The Balaban J connectivity index is 2.64. The van der Waals surface area contributed by atoms with E-state index in [9.17, 15) is 14.3 Å². The molecule has 5 heteroatoms. The molecule has 16 heavy (non-hydrogen) atoms. The third-order valence-electron chi connectivity index (χ3n) is 2.90. The van der Waals surface area contributed by atoms with Gasteiger partial charge in [0.25, 0.3) is 0 Å². The summed E-state index contributed by atoms with van der Waals surface area (Å²) < 4.78 is 19.1. The van der Waals surface area contributed by atoms with Gasteiger partial charge in [-0.2, -0.15) is 0 Å². The minimum absolute atomic E-state index is 0.0225. The molecule has 0 aromatic heterocycles. The summed E-state index contributed by atoms with van der Waals surface area (Å²) in [7, 11) is 1.34. The molecule has 1 saturated carbocycles. The number of hydrogen-bond donors (Lipinski definition) is 1. The highest BCUT2D eigenvalue weighted by molar-refractivity contribution is 9.10. The Morgan fingerprint density at radius 1 is 1.56 bits per heavy atom. The lowest BCUT2D eigenvalue weighted by Gasteiger charge is -2.17. The van der Waals surface area contributed by atoms with Gasteiger partial charge in [0.1, 0.15) is 0 Å². The topological polar surface area (TPSA) is 46.5 Å². The zero-order chi connectivity index (χ0) is 11.9. The van der Waals surface area contributed by atoms with Gasteiger partial charge in [0.2, 0.25) is 0 Å². The molecule has 1 N–H and O–H groups in total. The van der Waals surface area contributed by atoms with Gasteiger partial charge >= 0.3 is 5.97 Å². The summed E-state index contributed by atoms with van der Waals surface area (Å²) in [6.45, 7) is 0. The third kappa shape index (κ3) is 1.50. The van der Waals surface area contributed by atoms with Crippen LogP contribution in [0.4, 0.5) is 4.39 Å². The van der Waals surface area contributed by atoms with E-state index in [1.807, 2.05) is 0 Å². The third-order valence-corrected chi connectivity index (χ3v) is 3.56. The molecule has 1 aliphatic carbocycles. The fourth-order valence-corrected chi connectivity index (χ4v) is 2.57. The molecule has 1 aromatic carbocycles. The number of carboxylic acid groups (broad SMARTS) is 1. The van der Waals surface area contributed by atoms with Gasteiger partial charge in [-0.05, 0) is 25.0 Å². The molecule has 1 aliphatic rings. The summed E-state index contributed by atoms with van der Waals surface area (Å²) in [5.41, 5.74) is -0.575. The van der Waals surface area contributed by atoms with Crippen LogP contribution in [-0.2, 0) is 10.2 Å². The lowest BCUT2D eigenvalue weighted by atomic mass is 9.95. The molecule has 0 atom stereocenters. The van der Waals surface area contributed by atoms with Crippen molar-refractivity contribution in [3.63, 3.8) is 0 Å². The predicted molar refractivity (Wildman–Crippen MR) is 59.2 cm³/mol. The number of aliphatic carboxylic acids is 1. The zero-order valence-corrected chi connectivity index (χ0v) is 10.2. The van der Waals surface area contributed by atoms with Gasteiger partial charge in [0.05, 0.1) is 12.5 Å². The van der Waals surface area contributed by atoms with Crippen molar-refractivity contribution in [2.45, 2.75) is 18.3 Å². The fraction of sp³-hybridized carbons (Fsp3) is 0.364. The van der Waals surface area contributed by atoms with Crippen LogP contribution in [0.5, 0.6) is 5.75 Å². The Kier molecular flexibility index (Phi) is 2.66. The van der Waals surface area contributed by atoms with Gasteiger partial charge in [-0.1, -0.05) is 15.9 Å². The van der Waals surface area contributed by atoms with Crippen LogP contribution in [0.1, 0.15) is 18.4 Å². The molecule has 1 fully saturated rings. The largest absolute Gasteiger partial charge is 0.493 e. The molecule has 0 unspecified atom stereocenters. The number of hydrogen-bond acceptors (Lipinski definition) is 2. The average Bonchev–Trinajstić information content (AvgIpc) is 3.02. The van der Waals surface area contributed by atoms with Crippen molar-refractivity contribution in [3.05, 3.63) is 28.0 Å². The quantitative estimate of drug-likeness (QED) is 0.930. The average molecular weight is 289 g/mol. The molecule has 0 heterocycles. The number of benzene rings is 1. The van der Waals surface area contributed by atoms with E-state index in [1.54, 1.807) is 0 Å². The van der Waals surface area contributed by atoms with Crippen LogP contribution in [0.2, 0.25) is 0 Å². The Labute approximate surface area is 100 Å². The van der Waals surface area contributed by atoms with Crippen LogP contribution >= 0.6 is 15.9 Å². The molecule has 0 bridgehead atoms. The second-order valence-corrected chi connectivity index (χ2v) is 4.68. The first kappa shape index (κ1) is 11.4. The van der Waals surface area contributed by atoms with Crippen LogP contribution in [0, 0.1) is 5.82 Å². The standard InChI is InChI=1S/C11H10BrFO3/c1-16-9-7(13)3-2-6(12)8(9)11(4-5-11)10(14)15/h2-3H,4-5H2,1H3,(H,14,15). The second-order valence-electron chi connectivity index (χ2n) is 3.82. The minimum Gasteiger partial charge on any atom is -0.493 e. The SMILES string of the molecule is COc1c(F)ccc(Br)c1C1(C(=O)O)CC1. The highest BCUT2D eigenvalue weighted by Crippen LogP contribution is 2.54. The summed E-state index contributed by atoms with van der Waals surface area (Å²) in [4.78, 5) is 11.2. The van der Waals surface area contributed by atoms with Gasteiger partial charge < -0.3 is 9.84 Å². The molecule has 0 amide bonds. The van der Waals surface area contributed by atoms with Crippen molar-refractivity contribution in [1.82, 2.24) is 0 Å². The fourth-order valence-electron chi connectivity index (χ4n) is 1.87. The van der Waals surface area contributed by atoms with Crippen molar-refractivity contribution >= 4 is 21.9 Å². The van der Waals surface area contributed by atoms with Crippen LogP contribution in [-0.4, -0.2) is 18.2 Å². The number of ether oxygens (including phenoxy) is 1. The van der Waals surface area contributed by atoms with Crippen molar-refractivity contribution < 1.29 is 19.0 Å². The highest BCUT2D eigenvalue weighted by atomic mass is 79.9. The van der Waals surface area contributed by atoms with Gasteiger partial charge in [-0.25, -0.2) is 4.39 Å². The molecule has 1 aromatic rings. The zero-order valence-electron chi connectivity index (χ0n) is 8.59. The maximum absolute atomic E-state index is 13.5. The van der Waals surface area contributed by atoms with Crippen LogP contribution in [0.25, 0.3) is 0 Å². The number of rotatable bonds is 3. The minimum atomic E-state index is -0.980. The number of methoxy groups -OCH3 is 1. The molecule has 0 spiro atoms. The molecular formula is C11H10BrFO3. The summed E-state index contributed by atoms with van der Waals surface area (Å²) in [5, 5.41) is 9.19. The first-order valence-electron chi connectivity index (χ1n) is 4.79. The first-order chi connectivity index (χ1) is 7.53. The van der Waals surface area contributed by atoms with Gasteiger partial charge in [0.15, 0.2) is 11.6 Å². The maximum Gasteiger partial charge on any atom is 0.314 e. The van der Waals surface area contributed by atoms with E-state index in [0.717, 1.165) is 0 Å². The summed E-state index contributed by atoms with van der Waals surface area (Å²) >= 11 is 3.26. The molecule has 3 nitrogen and oxygen atoms in total. The van der Waals surface area contributed by atoms with E-state index in [1.165, 1.54) is 19.2 Å². The van der Waals surface area contributed by atoms with Gasteiger partial charge in [-0.3, -0.25) is 4.79 Å². The smallest absolute Gasteiger partial charge is 0.314 e. The summed E-state index contributed by atoms with van der Waals surface area (Å²) in [5.74, 6) is -1.44. The van der Waals surface area contributed by atoms with E-state index < -0.39 is 17.2 Å². The number of carboxylic acids is 1. The number of halogens is 2. The Morgan fingerprint density at radius 2 is 2.19 bits per heavy atom. The summed E-state index contributed by atoms with van der Waals surface area (Å²) in [6, 6.07) is 2.76. The van der Waals surface area contributed by atoms with Gasteiger partial charge in [0, 0.05) is 10.0 Å². The Bertz CT molecular complexity index is 455. The Hall–Kier alpha value is -1.10. The van der Waals surface area contributed by atoms with Crippen molar-refractivity contribution in [2.24, 2.45) is 0 Å². The summed E-state index contributed by atoms with van der Waals surface area (Å²) in [6.07, 6.45) is 1.03. The lowest BCUT2D eigenvalue weighted by molar-refractivity contribution is -0.140. The Morgan fingerprint density at radius 3 is 2.62 bits per heavy atom. The van der Waals surface area contributed by atoms with Crippen molar-refractivity contribution in [3.8, 4) is 5.75 Å². The normalized spacial score (nSPS) is 16.9. The van der Waals surface area contributed by atoms with Crippen molar-refractivity contribution in [1.29, 1.82) is 0 Å². The molecule has 0 radical (unpaired) electrons. The van der Waals surface area contributed by atoms with Gasteiger partial charge in [-0.15, -0.1) is 0 Å². The van der Waals surface area contributed by atoms with Crippen molar-refractivity contribution in [2.75, 3.05) is 7.11 Å². The van der Waals surface area contributed by atoms with Crippen LogP contribution in [0.3, 0.4) is 0 Å². The van der Waals surface area contributed by atoms with E-state index >= 15 is 0 Å². The molecule has 0 aliphatic heterocycles. The predicted octanol–water partition coefficient (Wildman–Crippen LogP) is 2.71. The first-order valence-corrected chi connectivity index (χ1v) is 5.58. The molecule has 2 rings (SSSR count). The molecular weight excluding hydrogens is 279 g/mol. The van der Waals surface area contributed by atoms with E-state index in [2.05, 4.69) is 15.9 Å². The maximum atomic E-state index is 13.5. The molecule has 0 saturated heterocycles. The van der Waals surface area contributed by atoms with Crippen LogP contribution in [0.15, 0.2) is 16.6 Å². The van der Waals surface area contributed by atoms with E-state index in [-0.39, 0.29) is 5.75 Å². The van der Waals surface area contributed by atoms with Crippen LogP contribution < -0.4 is 4.74 Å². The van der Waals surface area contributed by atoms with E-state index in [4.69, 9.17) is 4.74 Å².